The van der Waals surface area contributed by atoms with Crippen molar-refractivity contribution in [2.75, 3.05) is 26.1 Å². The van der Waals surface area contributed by atoms with E-state index in [1.807, 2.05) is 0 Å². The van der Waals surface area contributed by atoms with E-state index >= 15 is 0 Å². The number of rotatable bonds is 6. The Morgan fingerprint density at radius 2 is 2.16 bits per heavy atom. The number of hydrogen-bond acceptors (Lipinski definition) is 2. The van der Waals surface area contributed by atoms with Gasteiger partial charge in [-0.2, -0.15) is 0 Å². The van der Waals surface area contributed by atoms with Crippen molar-refractivity contribution in [2.24, 2.45) is 0 Å². The number of alkyl halides is 3. The topological polar surface area (TPSA) is 29.5 Å². The highest BCUT2D eigenvalue weighted by Gasteiger charge is 2.20. The number of amides is 1. The maximum absolute atomic E-state index is 13.5. The average molecular weight is 296 g/mol. The molecule has 0 N–H and O–H groups in total. The molecule has 0 saturated carbocycles. The molecule has 0 heterocycles. The Kier molecular flexibility index (Phi) is 5.95. The molecule has 0 aromatic heterocycles. The molecule has 1 aromatic rings. The standard InChI is InChI=1S/C12H13ClF3NO2/c1-19-10-3-2-8(6-9(10)14)12(18)17(5-4-13)7-11(15)16/h2-3,6,11H,4-5,7H2,1H3. The monoisotopic (exact) mass is 295 g/mol. The predicted octanol–water partition coefficient (Wildman–Crippen LogP) is 2.78. The summed E-state index contributed by atoms with van der Waals surface area (Å²) in [6, 6.07) is 3.54. The first-order valence-electron chi connectivity index (χ1n) is 5.46. The highest BCUT2D eigenvalue weighted by atomic mass is 35.5. The largest absolute Gasteiger partial charge is 0.494 e. The van der Waals surface area contributed by atoms with E-state index in [0.29, 0.717) is 0 Å². The Morgan fingerprint density at radius 3 is 2.63 bits per heavy atom. The van der Waals surface area contributed by atoms with Gasteiger partial charge in [0.15, 0.2) is 11.6 Å². The second-order valence-electron chi connectivity index (χ2n) is 3.68. The lowest BCUT2D eigenvalue weighted by molar-refractivity contribution is 0.0570. The first-order valence-corrected chi connectivity index (χ1v) is 6.00. The zero-order valence-corrected chi connectivity index (χ0v) is 11.0. The van der Waals surface area contributed by atoms with Crippen LogP contribution in [0.2, 0.25) is 0 Å². The highest BCUT2D eigenvalue weighted by Crippen LogP contribution is 2.19. The number of hydrogen-bond donors (Lipinski definition) is 0. The van der Waals surface area contributed by atoms with Crippen molar-refractivity contribution in [1.29, 1.82) is 0 Å². The third kappa shape index (κ3) is 4.31. The third-order valence-corrected chi connectivity index (χ3v) is 2.57. The van der Waals surface area contributed by atoms with Crippen LogP contribution >= 0.6 is 11.6 Å². The summed E-state index contributed by atoms with van der Waals surface area (Å²) in [7, 11) is 1.29. The van der Waals surface area contributed by atoms with Crippen LogP contribution < -0.4 is 4.74 Å². The van der Waals surface area contributed by atoms with Gasteiger partial charge < -0.3 is 9.64 Å². The predicted molar refractivity (Wildman–Crippen MR) is 65.6 cm³/mol. The molecule has 7 heteroatoms. The van der Waals surface area contributed by atoms with E-state index < -0.39 is 24.7 Å². The molecule has 0 spiro atoms. The summed E-state index contributed by atoms with van der Waals surface area (Å²) in [6.45, 7) is -0.766. The molecule has 3 nitrogen and oxygen atoms in total. The van der Waals surface area contributed by atoms with Crippen LogP contribution in [0, 0.1) is 5.82 Å². The summed E-state index contributed by atoms with van der Waals surface area (Å²) in [6.07, 6.45) is -2.67. The zero-order valence-electron chi connectivity index (χ0n) is 10.2. The molecular formula is C12H13ClF3NO2. The molecule has 0 aliphatic rings. The molecule has 1 aromatic carbocycles. The normalized spacial score (nSPS) is 10.6. The molecule has 0 aliphatic heterocycles. The summed E-state index contributed by atoms with van der Waals surface area (Å²) in [4.78, 5) is 12.8. The van der Waals surface area contributed by atoms with Gasteiger partial charge in [0.1, 0.15) is 0 Å². The number of methoxy groups -OCH3 is 1. The van der Waals surface area contributed by atoms with E-state index in [9.17, 15) is 18.0 Å². The van der Waals surface area contributed by atoms with E-state index in [0.717, 1.165) is 11.0 Å². The number of carbonyl (C=O) groups is 1. The van der Waals surface area contributed by atoms with Gasteiger partial charge in [0.25, 0.3) is 12.3 Å². The van der Waals surface area contributed by atoms with E-state index in [-0.39, 0.29) is 23.7 Å². The van der Waals surface area contributed by atoms with Crippen molar-refractivity contribution in [1.82, 2.24) is 4.90 Å². The Balaban J connectivity index is 2.92. The molecule has 0 saturated heterocycles. The molecule has 106 valence electrons. The van der Waals surface area contributed by atoms with Gasteiger partial charge in [-0.25, -0.2) is 13.2 Å². The summed E-state index contributed by atoms with van der Waals surface area (Å²) < 4.78 is 42.9. The smallest absolute Gasteiger partial charge is 0.255 e. The van der Waals surface area contributed by atoms with Crippen LogP contribution in [0.1, 0.15) is 10.4 Å². The van der Waals surface area contributed by atoms with E-state index in [1.165, 1.54) is 19.2 Å². The van der Waals surface area contributed by atoms with Crippen LogP contribution in [0.4, 0.5) is 13.2 Å². The minimum absolute atomic E-state index is 0.0192. The third-order valence-electron chi connectivity index (χ3n) is 2.40. The first-order chi connectivity index (χ1) is 8.99. The number of benzene rings is 1. The SMILES string of the molecule is COc1ccc(C(=O)N(CCCl)CC(F)F)cc1F. The highest BCUT2D eigenvalue weighted by molar-refractivity contribution is 6.18. The first kappa shape index (κ1) is 15.6. The van der Waals surface area contributed by atoms with Crippen molar-refractivity contribution in [2.45, 2.75) is 6.43 Å². The van der Waals surface area contributed by atoms with Crippen LogP contribution in [0.15, 0.2) is 18.2 Å². The van der Waals surface area contributed by atoms with Gasteiger partial charge in [-0.1, -0.05) is 0 Å². The zero-order chi connectivity index (χ0) is 14.4. The number of halogens is 4. The van der Waals surface area contributed by atoms with Crippen molar-refractivity contribution in [3.05, 3.63) is 29.6 Å². The quantitative estimate of drug-likeness (QED) is 0.755. The average Bonchev–Trinajstić information content (AvgIpc) is 2.36. The molecule has 1 rings (SSSR count). The molecule has 19 heavy (non-hydrogen) atoms. The van der Waals surface area contributed by atoms with Gasteiger partial charge in [-0.3, -0.25) is 4.79 Å². The fourth-order valence-corrected chi connectivity index (χ4v) is 1.73. The fourth-order valence-electron chi connectivity index (χ4n) is 1.53. The van der Waals surface area contributed by atoms with E-state index in [1.54, 1.807) is 0 Å². The Labute approximate surface area is 113 Å². The lowest BCUT2D eigenvalue weighted by Crippen LogP contribution is -2.36. The number of carbonyl (C=O) groups excluding carboxylic acids is 1. The minimum atomic E-state index is -2.67. The molecule has 0 bridgehead atoms. The van der Waals surface area contributed by atoms with Crippen LogP contribution in [0.5, 0.6) is 5.75 Å². The lowest BCUT2D eigenvalue weighted by atomic mass is 10.2. The van der Waals surface area contributed by atoms with E-state index in [4.69, 9.17) is 16.3 Å². The molecule has 0 fully saturated rings. The van der Waals surface area contributed by atoms with Gasteiger partial charge in [0.05, 0.1) is 13.7 Å². The van der Waals surface area contributed by atoms with Gasteiger partial charge in [-0.05, 0) is 18.2 Å². The fraction of sp³-hybridized carbons (Fsp3) is 0.417. The van der Waals surface area contributed by atoms with Crippen molar-refractivity contribution in [3.63, 3.8) is 0 Å². The maximum atomic E-state index is 13.5. The van der Waals surface area contributed by atoms with Gasteiger partial charge in [-0.15, -0.1) is 11.6 Å². The second kappa shape index (κ2) is 7.23. The Morgan fingerprint density at radius 1 is 1.47 bits per heavy atom. The van der Waals surface area contributed by atoms with Gasteiger partial charge >= 0.3 is 0 Å². The van der Waals surface area contributed by atoms with E-state index in [2.05, 4.69) is 0 Å². The summed E-state index contributed by atoms with van der Waals surface area (Å²) in [5.41, 5.74) is -0.0240. The van der Waals surface area contributed by atoms with Crippen LogP contribution in [-0.4, -0.2) is 43.3 Å². The second-order valence-corrected chi connectivity index (χ2v) is 4.06. The van der Waals surface area contributed by atoms with Crippen LogP contribution in [0.3, 0.4) is 0 Å². The van der Waals surface area contributed by atoms with Crippen molar-refractivity contribution >= 4 is 17.5 Å². The van der Waals surface area contributed by atoms with Crippen molar-refractivity contribution in [3.8, 4) is 5.75 Å². The summed E-state index contributed by atoms with van der Waals surface area (Å²) >= 11 is 5.46. The molecule has 0 atom stereocenters. The Bertz CT molecular complexity index is 443. The number of ether oxygens (including phenoxy) is 1. The number of nitrogens with zero attached hydrogens (tertiary/aromatic N) is 1. The summed E-state index contributed by atoms with van der Waals surface area (Å²) in [5, 5.41) is 0. The molecule has 0 radical (unpaired) electrons. The molecule has 0 aliphatic carbocycles. The van der Waals surface area contributed by atoms with Gasteiger partial charge in [0.2, 0.25) is 0 Å². The lowest BCUT2D eigenvalue weighted by Gasteiger charge is -2.21. The molecule has 1 amide bonds. The summed E-state index contributed by atoms with van der Waals surface area (Å²) in [5.74, 6) is -1.41. The van der Waals surface area contributed by atoms with Crippen LogP contribution in [-0.2, 0) is 0 Å². The Hall–Kier alpha value is -1.43. The maximum Gasteiger partial charge on any atom is 0.255 e. The molecule has 0 unspecified atom stereocenters. The van der Waals surface area contributed by atoms with Crippen LogP contribution in [0.25, 0.3) is 0 Å². The van der Waals surface area contributed by atoms with Crippen molar-refractivity contribution < 1.29 is 22.7 Å². The molecular weight excluding hydrogens is 283 g/mol. The minimum Gasteiger partial charge on any atom is -0.494 e. The van der Waals surface area contributed by atoms with Gasteiger partial charge in [0, 0.05) is 18.0 Å².